The number of amides is 3. The predicted molar refractivity (Wildman–Crippen MR) is 105 cm³/mol. The molecule has 0 saturated carbocycles. The lowest BCUT2D eigenvalue weighted by Crippen LogP contribution is -2.54. The quantitative estimate of drug-likeness (QED) is 0.711. The Kier molecular flexibility index (Phi) is 7.82. The van der Waals surface area contributed by atoms with Crippen LogP contribution in [0.2, 0.25) is 0 Å². The number of hydrogen-bond donors (Lipinski definition) is 3. The number of alkyl carbamates (subject to hydrolysis) is 1. The molecule has 149 valence electrons. The SMILES string of the molecule is [CH2]c1ccc(NC(=O)[C@H](C)NC(=O)[C@@H](NC(=O)OC(C)(C)C)C(C)C)cc1. The number of ether oxygens (including phenoxy) is 1. The molecule has 0 unspecified atom stereocenters. The molecule has 0 spiro atoms. The van der Waals surface area contributed by atoms with Gasteiger partial charge in [-0.15, -0.1) is 0 Å². The van der Waals surface area contributed by atoms with Crippen LogP contribution in [0.25, 0.3) is 0 Å². The molecule has 0 aliphatic carbocycles. The zero-order valence-electron chi connectivity index (χ0n) is 16.9. The van der Waals surface area contributed by atoms with Gasteiger partial charge in [-0.3, -0.25) is 9.59 Å². The average Bonchev–Trinajstić information content (AvgIpc) is 2.52. The zero-order valence-corrected chi connectivity index (χ0v) is 16.9. The maximum atomic E-state index is 12.5. The predicted octanol–water partition coefficient (Wildman–Crippen LogP) is 2.86. The molecule has 1 aromatic rings. The van der Waals surface area contributed by atoms with E-state index in [4.69, 9.17) is 4.74 Å². The second kappa shape index (κ2) is 9.39. The van der Waals surface area contributed by atoms with Gasteiger partial charge in [0, 0.05) is 5.69 Å². The number of benzene rings is 1. The normalized spacial score (nSPS) is 13.5. The van der Waals surface area contributed by atoms with Crippen molar-refractivity contribution in [1.29, 1.82) is 0 Å². The lowest BCUT2D eigenvalue weighted by atomic mass is 10.0. The molecule has 0 bridgehead atoms. The highest BCUT2D eigenvalue weighted by atomic mass is 16.6. The van der Waals surface area contributed by atoms with E-state index in [1.54, 1.807) is 65.8 Å². The Hall–Kier alpha value is -2.57. The first-order valence-corrected chi connectivity index (χ1v) is 8.92. The molecular formula is C20H30N3O4. The van der Waals surface area contributed by atoms with Crippen LogP contribution in [0.3, 0.4) is 0 Å². The van der Waals surface area contributed by atoms with Gasteiger partial charge >= 0.3 is 6.09 Å². The fourth-order valence-corrected chi connectivity index (χ4v) is 2.18. The Morgan fingerprint density at radius 3 is 2.00 bits per heavy atom. The summed E-state index contributed by atoms with van der Waals surface area (Å²) >= 11 is 0. The fraction of sp³-hybridized carbons (Fsp3) is 0.500. The Labute approximate surface area is 161 Å². The smallest absolute Gasteiger partial charge is 0.408 e. The van der Waals surface area contributed by atoms with Crippen molar-refractivity contribution < 1.29 is 19.1 Å². The van der Waals surface area contributed by atoms with Gasteiger partial charge in [0.15, 0.2) is 0 Å². The van der Waals surface area contributed by atoms with Crippen molar-refractivity contribution in [1.82, 2.24) is 10.6 Å². The minimum atomic E-state index is -0.819. The van der Waals surface area contributed by atoms with Crippen molar-refractivity contribution in [2.75, 3.05) is 5.32 Å². The molecule has 0 aliphatic rings. The van der Waals surface area contributed by atoms with Crippen LogP contribution in [0.1, 0.15) is 47.1 Å². The molecule has 0 saturated heterocycles. The van der Waals surface area contributed by atoms with Crippen LogP contribution in [0, 0.1) is 12.8 Å². The minimum Gasteiger partial charge on any atom is -0.444 e. The van der Waals surface area contributed by atoms with Crippen LogP contribution < -0.4 is 16.0 Å². The van der Waals surface area contributed by atoms with Crippen molar-refractivity contribution in [3.05, 3.63) is 36.8 Å². The van der Waals surface area contributed by atoms with E-state index in [9.17, 15) is 14.4 Å². The van der Waals surface area contributed by atoms with Crippen molar-refractivity contribution in [2.24, 2.45) is 5.92 Å². The fourth-order valence-electron chi connectivity index (χ4n) is 2.18. The third-order valence-corrected chi connectivity index (χ3v) is 3.59. The largest absolute Gasteiger partial charge is 0.444 e. The number of carbonyl (C=O) groups excluding carboxylic acids is 3. The minimum absolute atomic E-state index is 0.183. The monoisotopic (exact) mass is 376 g/mol. The van der Waals surface area contributed by atoms with E-state index >= 15 is 0 Å². The summed E-state index contributed by atoms with van der Waals surface area (Å²) in [7, 11) is 0. The molecule has 7 heteroatoms. The van der Waals surface area contributed by atoms with Gasteiger partial charge in [0.25, 0.3) is 0 Å². The summed E-state index contributed by atoms with van der Waals surface area (Å²) < 4.78 is 5.20. The van der Waals surface area contributed by atoms with Crippen LogP contribution in [-0.2, 0) is 14.3 Å². The molecule has 3 amide bonds. The van der Waals surface area contributed by atoms with Gasteiger partial charge in [-0.05, 0) is 58.2 Å². The van der Waals surface area contributed by atoms with E-state index in [0.717, 1.165) is 5.56 Å². The number of nitrogens with one attached hydrogen (secondary N) is 3. The van der Waals surface area contributed by atoms with E-state index in [1.165, 1.54) is 0 Å². The molecule has 1 aromatic carbocycles. The second-order valence-electron chi connectivity index (χ2n) is 7.78. The van der Waals surface area contributed by atoms with E-state index in [2.05, 4.69) is 22.9 Å². The number of anilines is 1. The van der Waals surface area contributed by atoms with Crippen LogP contribution in [-0.4, -0.2) is 35.6 Å². The second-order valence-corrected chi connectivity index (χ2v) is 7.78. The molecule has 0 fully saturated rings. The summed E-state index contributed by atoms with van der Waals surface area (Å²) in [5.74, 6) is -0.996. The molecule has 3 N–H and O–H groups in total. The van der Waals surface area contributed by atoms with Crippen molar-refractivity contribution in [2.45, 2.75) is 59.2 Å². The van der Waals surface area contributed by atoms with Crippen LogP contribution in [0.15, 0.2) is 24.3 Å². The third-order valence-electron chi connectivity index (χ3n) is 3.59. The Balaban J connectivity index is 2.67. The first-order valence-electron chi connectivity index (χ1n) is 8.92. The summed E-state index contributed by atoms with van der Waals surface area (Å²) in [6.07, 6.45) is -0.679. The number of hydrogen-bond acceptors (Lipinski definition) is 4. The standard InChI is InChI=1S/C20H30N3O4/c1-12(2)16(23-19(26)27-20(5,6)7)18(25)21-14(4)17(24)22-15-10-8-13(3)9-11-15/h8-12,14,16H,3H2,1-2,4-7H3,(H,21,25)(H,22,24)(H,23,26)/t14-,16-/m0/s1. The molecule has 2 atom stereocenters. The molecular weight excluding hydrogens is 346 g/mol. The Morgan fingerprint density at radius 1 is 0.963 bits per heavy atom. The Bertz CT molecular complexity index is 663. The molecule has 27 heavy (non-hydrogen) atoms. The zero-order chi connectivity index (χ0) is 20.8. The van der Waals surface area contributed by atoms with Gasteiger partial charge in [-0.25, -0.2) is 4.79 Å². The highest BCUT2D eigenvalue weighted by Gasteiger charge is 2.28. The summed E-state index contributed by atoms with van der Waals surface area (Å²) in [4.78, 5) is 36.8. The summed E-state index contributed by atoms with van der Waals surface area (Å²) in [5.41, 5.74) is 0.780. The molecule has 1 rings (SSSR count). The molecule has 0 heterocycles. The first-order chi connectivity index (χ1) is 12.4. The highest BCUT2D eigenvalue weighted by Crippen LogP contribution is 2.10. The lowest BCUT2D eigenvalue weighted by Gasteiger charge is -2.26. The van der Waals surface area contributed by atoms with Gasteiger partial charge < -0.3 is 20.7 Å². The Morgan fingerprint density at radius 2 is 1.52 bits per heavy atom. The van der Waals surface area contributed by atoms with Crippen LogP contribution in [0.4, 0.5) is 10.5 Å². The van der Waals surface area contributed by atoms with E-state index < -0.39 is 29.7 Å². The molecule has 0 aliphatic heterocycles. The molecule has 0 aromatic heterocycles. The summed E-state index contributed by atoms with van der Waals surface area (Å²) in [6.45, 7) is 14.2. The van der Waals surface area contributed by atoms with Crippen LogP contribution in [0.5, 0.6) is 0 Å². The highest BCUT2D eigenvalue weighted by molar-refractivity contribution is 5.98. The van der Waals surface area contributed by atoms with E-state index in [0.29, 0.717) is 5.69 Å². The van der Waals surface area contributed by atoms with Gasteiger partial charge in [-0.1, -0.05) is 26.0 Å². The van der Waals surface area contributed by atoms with Crippen molar-refractivity contribution in [3.8, 4) is 0 Å². The summed E-state index contributed by atoms with van der Waals surface area (Å²) in [6, 6.07) is 5.42. The summed E-state index contributed by atoms with van der Waals surface area (Å²) in [5, 5.41) is 7.91. The maximum absolute atomic E-state index is 12.5. The van der Waals surface area contributed by atoms with Crippen molar-refractivity contribution in [3.63, 3.8) is 0 Å². The van der Waals surface area contributed by atoms with Gasteiger partial charge in [-0.2, -0.15) is 0 Å². The van der Waals surface area contributed by atoms with Gasteiger partial charge in [0.05, 0.1) is 0 Å². The van der Waals surface area contributed by atoms with E-state index in [1.807, 2.05) is 0 Å². The average molecular weight is 376 g/mol. The van der Waals surface area contributed by atoms with Gasteiger partial charge in [0.2, 0.25) is 11.8 Å². The lowest BCUT2D eigenvalue weighted by molar-refractivity contribution is -0.128. The van der Waals surface area contributed by atoms with Crippen molar-refractivity contribution >= 4 is 23.6 Å². The van der Waals surface area contributed by atoms with Crippen LogP contribution >= 0.6 is 0 Å². The molecule has 7 nitrogen and oxygen atoms in total. The van der Waals surface area contributed by atoms with Gasteiger partial charge in [0.1, 0.15) is 17.7 Å². The number of carbonyl (C=O) groups is 3. The number of rotatable bonds is 6. The topological polar surface area (TPSA) is 96.5 Å². The van der Waals surface area contributed by atoms with E-state index in [-0.39, 0.29) is 11.8 Å². The molecule has 1 radical (unpaired) electrons. The maximum Gasteiger partial charge on any atom is 0.408 e. The third kappa shape index (κ3) is 8.11. The first kappa shape index (κ1) is 22.5.